The van der Waals surface area contributed by atoms with Gasteiger partial charge in [0.05, 0.1) is 12.5 Å². The zero-order valence-corrected chi connectivity index (χ0v) is 10.3. The molecule has 18 heavy (non-hydrogen) atoms. The van der Waals surface area contributed by atoms with Crippen LogP contribution < -0.4 is 0 Å². The van der Waals surface area contributed by atoms with Crippen LogP contribution in [-0.2, 0) is 9.53 Å². The summed E-state index contributed by atoms with van der Waals surface area (Å²) in [4.78, 5) is 12.0. The highest BCUT2D eigenvalue weighted by Crippen LogP contribution is 2.31. The Bertz CT molecular complexity index is 569. The van der Waals surface area contributed by atoms with E-state index in [2.05, 4.69) is 24.3 Å². The first-order valence-corrected chi connectivity index (χ1v) is 6.50. The number of fused-ring (bicyclic) bond motifs is 1. The molecule has 0 unspecified atom stereocenters. The van der Waals surface area contributed by atoms with Gasteiger partial charge in [-0.15, -0.1) is 0 Å². The maximum absolute atomic E-state index is 12.0. The van der Waals surface area contributed by atoms with Gasteiger partial charge in [0.25, 0.3) is 0 Å². The van der Waals surface area contributed by atoms with E-state index in [1.165, 1.54) is 10.8 Å². The lowest BCUT2D eigenvalue weighted by atomic mass is 9.90. The summed E-state index contributed by atoms with van der Waals surface area (Å²) in [5.41, 5.74) is 1.11. The molecule has 1 heterocycles. The minimum Gasteiger partial charge on any atom is -0.465 e. The Hall–Kier alpha value is -1.83. The Balaban J connectivity index is 2.10. The van der Waals surface area contributed by atoms with Crippen LogP contribution in [0.3, 0.4) is 0 Å². The summed E-state index contributed by atoms with van der Waals surface area (Å²) in [5, 5.41) is 2.36. The van der Waals surface area contributed by atoms with Gasteiger partial charge in [0, 0.05) is 0 Å². The third-order valence-corrected chi connectivity index (χ3v) is 3.61. The van der Waals surface area contributed by atoms with E-state index in [9.17, 15) is 4.79 Å². The predicted octanol–water partition coefficient (Wildman–Crippen LogP) is 3.65. The van der Waals surface area contributed by atoms with Crippen molar-refractivity contribution in [2.24, 2.45) is 0 Å². The smallest absolute Gasteiger partial charge is 0.313 e. The summed E-state index contributed by atoms with van der Waals surface area (Å²) in [7, 11) is 0. The Morgan fingerprint density at radius 3 is 2.78 bits per heavy atom. The third kappa shape index (κ3) is 1.99. The zero-order valence-electron chi connectivity index (χ0n) is 10.3. The van der Waals surface area contributed by atoms with Crippen LogP contribution in [0.5, 0.6) is 0 Å². The van der Waals surface area contributed by atoms with Gasteiger partial charge in [-0.25, -0.2) is 0 Å². The minimum absolute atomic E-state index is 0.0659. The fourth-order valence-electron chi connectivity index (χ4n) is 2.68. The molecule has 2 aromatic rings. The molecule has 1 aliphatic rings. The fourth-order valence-corrected chi connectivity index (χ4v) is 2.68. The molecule has 0 saturated carbocycles. The van der Waals surface area contributed by atoms with E-state index in [0.29, 0.717) is 6.61 Å². The molecular weight excluding hydrogens is 224 g/mol. The second kappa shape index (κ2) is 4.81. The first-order valence-electron chi connectivity index (χ1n) is 6.50. The number of ether oxygens (including phenoxy) is 1. The van der Waals surface area contributed by atoms with E-state index in [0.717, 1.165) is 24.8 Å². The third-order valence-electron chi connectivity index (χ3n) is 3.61. The van der Waals surface area contributed by atoms with Gasteiger partial charge >= 0.3 is 5.97 Å². The molecule has 0 radical (unpaired) electrons. The Morgan fingerprint density at radius 1 is 1.00 bits per heavy atom. The van der Waals surface area contributed by atoms with Crippen molar-refractivity contribution < 1.29 is 9.53 Å². The number of rotatable bonds is 1. The molecule has 92 valence electrons. The maximum atomic E-state index is 12.0. The number of benzene rings is 2. The first-order chi connectivity index (χ1) is 8.86. The van der Waals surface area contributed by atoms with Gasteiger partial charge in [0.2, 0.25) is 0 Å². The van der Waals surface area contributed by atoms with Gasteiger partial charge in [-0.2, -0.15) is 0 Å². The van der Waals surface area contributed by atoms with Gasteiger partial charge in [-0.05, 0) is 35.6 Å². The highest BCUT2D eigenvalue weighted by atomic mass is 16.5. The Kier molecular flexibility index (Phi) is 3.01. The molecule has 0 aliphatic carbocycles. The molecule has 2 nitrogen and oxygen atoms in total. The standard InChI is InChI=1S/C16H16O2/c17-16-15(9-3-4-11-18-16)14-10-5-7-12-6-1-2-8-13(12)14/h1-2,5-8,10,15H,3-4,9,11H2/t15-/m0/s1. The lowest BCUT2D eigenvalue weighted by Gasteiger charge is -2.15. The quantitative estimate of drug-likeness (QED) is 0.711. The van der Waals surface area contributed by atoms with E-state index in [1.807, 2.05) is 18.2 Å². The topological polar surface area (TPSA) is 26.3 Å². The maximum Gasteiger partial charge on any atom is 0.313 e. The second-order valence-electron chi connectivity index (χ2n) is 4.78. The largest absolute Gasteiger partial charge is 0.465 e. The van der Waals surface area contributed by atoms with Crippen LogP contribution in [0.25, 0.3) is 10.8 Å². The predicted molar refractivity (Wildman–Crippen MR) is 71.5 cm³/mol. The van der Waals surface area contributed by atoms with Gasteiger partial charge < -0.3 is 4.74 Å². The zero-order chi connectivity index (χ0) is 12.4. The van der Waals surface area contributed by atoms with Crippen molar-refractivity contribution in [2.75, 3.05) is 6.61 Å². The number of carbonyl (C=O) groups is 1. The molecule has 1 fully saturated rings. The van der Waals surface area contributed by atoms with Crippen molar-refractivity contribution in [3.63, 3.8) is 0 Å². The minimum atomic E-state index is -0.0985. The van der Waals surface area contributed by atoms with Gasteiger partial charge in [0.15, 0.2) is 0 Å². The fraction of sp³-hybridized carbons (Fsp3) is 0.312. The summed E-state index contributed by atoms with van der Waals surface area (Å²) >= 11 is 0. The van der Waals surface area contributed by atoms with E-state index in [-0.39, 0.29) is 11.9 Å². The highest BCUT2D eigenvalue weighted by molar-refractivity contribution is 5.91. The SMILES string of the molecule is O=C1OCCCC[C@H]1c1cccc2ccccc12. The van der Waals surface area contributed by atoms with E-state index in [1.54, 1.807) is 0 Å². The highest BCUT2D eigenvalue weighted by Gasteiger charge is 2.25. The summed E-state index contributed by atoms with van der Waals surface area (Å²) in [5.74, 6) is -0.164. The second-order valence-corrected chi connectivity index (χ2v) is 4.78. The molecule has 0 aromatic heterocycles. The molecule has 3 rings (SSSR count). The molecule has 0 N–H and O–H groups in total. The number of carbonyl (C=O) groups excluding carboxylic acids is 1. The summed E-state index contributed by atoms with van der Waals surface area (Å²) in [6.45, 7) is 0.570. The monoisotopic (exact) mass is 240 g/mol. The average molecular weight is 240 g/mol. The Morgan fingerprint density at radius 2 is 1.83 bits per heavy atom. The van der Waals surface area contributed by atoms with Crippen LogP contribution in [0, 0.1) is 0 Å². The number of esters is 1. The summed E-state index contributed by atoms with van der Waals surface area (Å²) in [6.07, 6.45) is 2.93. The van der Waals surface area contributed by atoms with Crippen LogP contribution in [0.15, 0.2) is 42.5 Å². The van der Waals surface area contributed by atoms with Gasteiger partial charge in [-0.3, -0.25) is 4.79 Å². The molecule has 0 bridgehead atoms. The van der Waals surface area contributed by atoms with E-state index >= 15 is 0 Å². The van der Waals surface area contributed by atoms with E-state index in [4.69, 9.17) is 4.74 Å². The Labute approximate surface area is 107 Å². The molecule has 1 atom stereocenters. The molecule has 1 saturated heterocycles. The number of hydrogen-bond donors (Lipinski definition) is 0. The van der Waals surface area contributed by atoms with Crippen molar-refractivity contribution in [2.45, 2.75) is 25.2 Å². The van der Waals surface area contributed by atoms with Crippen LogP contribution in [-0.4, -0.2) is 12.6 Å². The lowest BCUT2D eigenvalue weighted by Crippen LogP contribution is -2.14. The van der Waals surface area contributed by atoms with Crippen molar-refractivity contribution in [3.05, 3.63) is 48.0 Å². The molecule has 0 spiro atoms. The molecular formula is C16H16O2. The summed E-state index contributed by atoms with van der Waals surface area (Å²) < 4.78 is 5.28. The number of hydrogen-bond acceptors (Lipinski definition) is 2. The molecule has 2 aromatic carbocycles. The van der Waals surface area contributed by atoms with Crippen LogP contribution >= 0.6 is 0 Å². The summed E-state index contributed by atoms with van der Waals surface area (Å²) in [6, 6.07) is 14.4. The first kappa shape index (κ1) is 11.3. The van der Waals surface area contributed by atoms with Crippen molar-refractivity contribution in [1.29, 1.82) is 0 Å². The molecule has 2 heteroatoms. The lowest BCUT2D eigenvalue weighted by molar-refractivity contribution is -0.144. The van der Waals surface area contributed by atoms with Crippen molar-refractivity contribution in [1.82, 2.24) is 0 Å². The van der Waals surface area contributed by atoms with E-state index < -0.39 is 0 Å². The number of cyclic esters (lactones) is 1. The van der Waals surface area contributed by atoms with Crippen molar-refractivity contribution in [3.8, 4) is 0 Å². The van der Waals surface area contributed by atoms with Crippen LogP contribution in [0.1, 0.15) is 30.7 Å². The van der Waals surface area contributed by atoms with Crippen LogP contribution in [0.4, 0.5) is 0 Å². The van der Waals surface area contributed by atoms with Crippen LogP contribution in [0.2, 0.25) is 0 Å². The normalized spacial score (nSPS) is 20.4. The van der Waals surface area contributed by atoms with Crippen molar-refractivity contribution >= 4 is 16.7 Å². The average Bonchev–Trinajstić information content (AvgIpc) is 2.63. The molecule has 0 amide bonds. The van der Waals surface area contributed by atoms with Gasteiger partial charge in [-0.1, -0.05) is 42.5 Å². The van der Waals surface area contributed by atoms with Gasteiger partial charge in [0.1, 0.15) is 0 Å². The molecule has 1 aliphatic heterocycles.